The molecule has 0 aliphatic heterocycles. The Bertz CT molecular complexity index is 1220. The van der Waals surface area contributed by atoms with Gasteiger partial charge in [0.15, 0.2) is 0 Å². The minimum atomic E-state index is -3.92. The maximum Gasteiger partial charge on any atom is 0.268 e. The van der Waals surface area contributed by atoms with E-state index >= 15 is 0 Å². The predicted molar refractivity (Wildman–Crippen MR) is 129 cm³/mol. The number of aromatic amines is 1. The largest absolute Gasteiger partial charge is 0.327 e. The number of hydrogen-bond donors (Lipinski definition) is 1. The van der Waals surface area contributed by atoms with Gasteiger partial charge in [-0.3, -0.25) is 14.8 Å². The zero-order valence-electron chi connectivity index (χ0n) is 17.8. The lowest BCUT2D eigenvalue weighted by atomic mass is 9.95. The molecule has 162 valence electrons. The van der Waals surface area contributed by atoms with Gasteiger partial charge in [-0.2, -0.15) is 4.31 Å². The van der Waals surface area contributed by atoms with Crippen LogP contribution in [0.1, 0.15) is 19.4 Å². The van der Waals surface area contributed by atoms with Crippen molar-refractivity contribution in [3.05, 3.63) is 77.4 Å². The molecule has 1 aromatic carbocycles. The smallest absolute Gasteiger partial charge is 0.268 e. The second-order valence-electron chi connectivity index (χ2n) is 6.56. The maximum atomic E-state index is 12.9. The molecule has 0 saturated carbocycles. The van der Waals surface area contributed by atoms with Gasteiger partial charge in [0.25, 0.3) is 5.56 Å². The fourth-order valence-corrected chi connectivity index (χ4v) is 4.56. The van der Waals surface area contributed by atoms with Gasteiger partial charge in [-0.05, 0) is 60.0 Å². The van der Waals surface area contributed by atoms with E-state index in [1.807, 2.05) is 0 Å². The van der Waals surface area contributed by atoms with Crippen molar-refractivity contribution in [1.29, 1.82) is 0 Å². The first-order valence-electron chi connectivity index (χ1n) is 9.56. The molecule has 0 radical (unpaired) electrons. The average Bonchev–Trinajstić information content (AvgIpc) is 2.77. The minimum Gasteiger partial charge on any atom is -0.327 e. The Morgan fingerprint density at radius 3 is 2.39 bits per heavy atom. The molecule has 0 aliphatic rings. The molecule has 8 heteroatoms. The number of aliphatic imine (C=N–C) groups is 2. The number of allylic oxidation sites excluding steroid dienone is 3. The van der Waals surface area contributed by atoms with Crippen LogP contribution in [-0.2, 0) is 10.0 Å². The second kappa shape index (κ2) is 10.1. The van der Waals surface area contributed by atoms with E-state index in [1.54, 1.807) is 38.1 Å². The summed E-state index contributed by atoms with van der Waals surface area (Å²) in [5, 5.41) is 0. The zero-order valence-corrected chi connectivity index (χ0v) is 18.6. The third-order valence-electron chi connectivity index (χ3n) is 4.79. The number of nitrogens with one attached hydrogen (secondary N) is 1. The Kier molecular flexibility index (Phi) is 7.79. The summed E-state index contributed by atoms with van der Waals surface area (Å²) in [5.41, 5.74) is 3.02. The van der Waals surface area contributed by atoms with Crippen LogP contribution in [0, 0.1) is 0 Å². The Hall–Kier alpha value is -3.36. The van der Waals surface area contributed by atoms with Gasteiger partial charge < -0.3 is 4.98 Å². The highest BCUT2D eigenvalue weighted by molar-refractivity contribution is 7.89. The first kappa shape index (κ1) is 23.9. The van der Waals surface area contributed by atoms with Gasteiger partial charge in [0, 0.05) is 31.0 Å². The van der Waals surface area contributed by atoms with Crippen LogP contribution in [0.5, 0.6) is 0 Å². The van der Waals surface area contributed by atoms with Crippen molar-refractivity contribution >= 4 is 34.7 Å². The summed E-state index contributed by atoms with van der Waals surface area (Å²) in [7, 11) is -3.92. The summed E-state index contributed by atoms with van der Waals surface area (Å²) in [6.45, 7) is 19.0. The van der Waals surface area contributed by atoms with Crippen LogP contribution in [0.15, 0.2) is 81.1 Å². The molecule has 7 nitrogen and oxygen atoms in total. The van der Waals surface area contributed by atoms with Crippen LogP contribution in [-0.4, -0.2) is 44.2 Å². The number of sulfonamides is 1. The SMILES string of the molecule is C=N/C=C\C(=C)C(=C)c1cc(-c2c[nH]c(=O)c(S(=O)(=O)N(CC)CC)c2)ccc1N=C. The molecule has 2 aromatic rings. The van der Waals surface area contributed by atoms with Gasteiger partial charge in [-0.15, -0.1) is 0 Å². The van der Waals surface area contributed by atoms with Gasteiger partial charge in [0.1, 0.15) is 4.90 Å². The van der Waals surface area contributed by atoms with Gasteiger partial charge in [0.2, 0.25) is 10.0 Å². The van der Waals surface area contributed by atoms with Crippen LogP contribution in [0.25, 0.3) is 16.7 Å². The molecule has 0 aliphatic carbocycles. The van der Waals surface area contributed by atoms with Gasteiger partial charge >= 0.3 is 0 Å². The van der Waals surface area contributed by atoms with Gasteiger partial charge in [-0.25, -0.2) is 8.42 Å². The van der Waals surface area contributed by atoms with Crippen molar-refractivity contribution in [1.82, 2.24) is 9.29 Å². The maximum absolute atomic E-state index is 12.9. The number of benzene rings is 1. The molecule has 0 fully saturated rings. The third-order valence-corrected chi connectivity index (χ3v) is 6.84. The van der Waals surface area contributed by atoms with Crippen molar-refractivity contribution < 1.29 is 8.42 Å². The fraction of sp³-hybridized carbons (Fsp3) is 0.174. The van der Waals surface area contributed by atoms with Crippen molar-refractivity contribution in [2.24, 2.45) is 9.98 Å². The molecule has 1 N–H and O–H groups in total. The molecule has 2 rings (SSSR count). The highest BCUT2D eigenvalue weighted by Crippen LogP contribution is 2.34. The fourth-order valence-electron chi connectivity index (χ4n) is 3.04. The number of H-pyrrole nitrogens is 1. The van der Waals surface area contributed by atoms with Crippen LogP contribution >= 0.6 is 0 Å². The van der Waals surface area contributed by atoms with Crippen molar-refractivity contribution in [3.63, 3.8) is 0 Å². The van der Waals surface area contributed by atoms with E-state index in [0.29, 0.717) is 33.5 Å². The number of aromatic nitrogens is 1. The summed E-state index contributed by atoms with van der Waals surface area (Å²) in [4.78, 5) is 22.3. The van der Waals surface area contributed by atoms with Crippen LogP contribution in [0.3, 0.4) is 0 Å². The molecule has 0 bridgehead atoms. The number of rotatable bonds is 10. The predicted octanol–water partition coefficient (Wildman–Crippen LogP) is 4.19. The Labute approximate surface area is 182 Å². The van der Waals surface area contributed by atoms with Crippen LogP contribution < -0.4 is 5.56 Å². The molecule has 0 atom stereocenters. The number of pyridine rings is 1. The van der Waals surface area contributed by atoms with Gasteiger partial charge in [0.05, 0.1) is 5.69 Å². The van der Waals surface area contributed by atoms with E-state index in [9.17, 15) is 13.2 Å². The standard InChI is InChI=1S/C23H26N4O3S/c1-7-27(8-2)31(29,30)22-14-19(15-26-23(22)28)18-9-10-21(25-6)20(13-18)17(4)16(3)11-12-24-5/h9-15H,3-8H2,1-2H3,(H,26,28)/b12-11-. The lowest BCUT2D eigenvalue weighted by molar-refractivity contribution is 0.444. The van der Waals surface area contributed by atoms with E-state index in [1.165, 1.54) is 22.8 Å². The summed E-state index contributed by atoms with van der Waals surface area (Å²) >= 11 is 0. The molecule has 1 aromatic heterocycles. The highest BCUT2D eigenvalue weighted by Gasteiger charge is 2.25. The quantitative estimate of drug-likeness (QED) is 0.445. The molecular formula is C23H26N4O3S. The monoisotopic (exact) mass is 438 g/mol. The topological polar surface area (TPSA) is 95.0 Å². The minimum absolute atomic E-state index is 0.265. The van der Waals surface area contributed by atoms with E-state index in [4.69, 9.17) is 0 Å². The Morgan fingerprint density at radius 2 is 1.81 bits per heavy atom. The normalized spacial score (nSPS) is 11.6. The van der Waals surface area contributed by atoms with Crippen molar-refractivity contribution in [2.75, 3.05) is 13.1 Å². The lowest BCUT2D eigenvalue weighted by Crippen LogP contribution is -2.34. The highest BCUT2D eigenvalue weighted by atomic mass is 32.2. The molecular weight excluding hydrogens is 412 g/mol. The van der Waals surface area contributed by atoms with Gasteiger partial charge in [-0.1, -0.05) is 33.1 Å². The van der Waals surface area contributed by atoms with Crippen molar-refractivity contribution in [3.8, 4) is 11.1 Å². The van der Waals surface area contributed by atoms with Crippen LogP contribution in [0.4, 0.5) is 5.69 Å². The Morgan fingerprint density at radius 1 is 1.13 bits per heavy atom. The first-order chi connectivity index (χ1) is 14.7. The molecule has 0 amide bonds. The summed E-state index contributed by atoms with van der Waals surface area (Å²) in [5.74, 6) is 0. The lowest BCUT2D eigenvalue weighted by Gasteiger charge is -2.18. The van der Waals surface area contributed by atoms with E-state index in [0.717, 1.165) is 0 Å². The molecule has 0 spiro atoms. The summed E-state index contributed by atoms with van der Waals surface area (Å²) in [6, 6.07) is 6.70. The Balaban J connectivity index is 2.63. The van der Waals surface area contributed by atoms with E-state index in [2.05, 4.69) is 41.6 Å². The summed E-state index contributed by atoms with van der Waals surface area (Å²) < 4.78 is 27.0. The van der Waals surface area contributed by atoms with E-state index < -0.39 is 15.6 Å². The zero-order chi connectivity index (χ0) is 23.2. The number of hydrogen-bond acceptors (Lipinski definition) is 5. The molecule has 0 unspecified atom stereocenters. The molecule has 1 heterocycles. The number of nitrogens with zero attached hydrogens (tertiary/aromatic N) is 3. The third kappa shape index (κ3) is 5.04. The van der Waals surface area contributed by atoms with Crippen molar-refractivity contribution in [2.45, 2.75) is 18.7 Å². The summed E-state index contributed by atoms with van der Waals surface area (Å²) in [6.07, 6.45) is 4.65. The molecule has 0 saturated heterocycles. The first-order valence-corrected chi connectivity index (χ1v) is 11.0. The van der Waals surface area contributed by atoms with E-state index in [-0.39, 0.29) is 18.0 Å². The average molecular weight is 439 g/mol. The molecule has 31 heavy (non-hydrogen) atoms. The van der Waals surface area contributed by atoms with Crippen LogP contribution in [0.2, 0.25) is 0 Å². The second-order valence-corrected chi connectivity index (χ2v) is 8.47.